The number of ether oxygens (including phenoxy) is 1. The number of aliphatic hydroxyl groups excluding tert-OH is 1. The normalized spacial score (nSPS) is 12.6. The third kappa shape index (κ3) is 2.42. The highest BCUT2D eigenvalue weighted by Crippen LogP contribution is 2.22. The Balaban J connectivity index is 2.95. The molecule has 0 radical (unpaired) electrons. The van der Waals surface area contributed by atoms with Crippen molar-refractivity contribution in [3.05, 3.63) is 29.6 Å². The largest absolute Gasteiger partial charge is 0.494 e. The highest BCUT2D eigenvalue weighted by Gasteiger charge is 2.09. The van der Waals surface area contributed by atoms with Crippen LogP contribution < -0.4 is 4.74 Å². The van der Waals surface area contributed by atoms with Gasteiger partial charge in [-0.15, -0.1) is 0 Å². The lowest BCUT2D eigenvalue weighted by atomic mass is 10.1. The molecule has 0 fully saturated rings. The molecule has 0 unspecified atom stereocenters. The summed E-state index contributed by atoms with van der Waals surface area (Å²) in [6.07, 6.45) is -0.680. The molecule has 0 amide bonds. The molecule has 1 atom stereocenters. The van der Waals surface area contributed by atoms with E-state index in [0.717, 1.165) is 0 Å². The summed E-state index contributed by atoms with van der Waals surface area (Å²) in [5.74, 6) is -0.273. The van der Waals surface area contributed by atoms with Crippen LogP contribution in [0.25, 0.3) is 0 Å². The Morgan fingerprint density at radius 2 is 2.31 bits per heavy atom. The molecule has 0 saturated heterocycles. The summed E-state index contributed by atoms with van der Waals surface area (Å²) in [7, 11) is 1.40. The molecule has 0 aliphatic rings. The van der Waals surface area contributed by atoms with E-state index in [4.69, 9.17) is 4.74 Å². The zero-order valence-corrected chi connectivity index (χ0v) is 8.71. The second kappa shape index (κ2) is 4.58. The minimum atomic E-state index is -0.680. The maximum atomic E-state index is 13.1. The third-order valence-electron chi connectivity index (χ3n) is 1.71. The smallest absolute Gasteiger partial charge is 0.165 e. The Bertz CT molecular complexity index is 291. The van der Waals surface area contributed by atoms with E-state index in [2.05, 4.69) is 15.9 Å². The van der Waals surface area contributed by atoms with E-state index >= 15 is 0 Å². The summed E-state index contributed by atoms with van der Waals surface area (Å²) in [5.41, 5.74) is 0.537. The Hall–Kier alpha value is -0.610. The zero-order chi connectivity index (χ0) is 9.84. The van der Waals surface area contributed by atoms with Gasteiger partial charge >= 0.3 is 0 Å². The van der Waals surface area contributed by atoms with Gasteiger partial charge in [-0.05, 0) is 17.7 Å². The fourth-order valence-electron chi connectivity index (χ4n) is 0.979. The number of hydrogen-bond donors (Lipinski definition) is 1. The molecule has 1 aromatic rings. The highest BCUT2D eigenvalue weighted by molar-refractivity contribution is 9.09. The van der Waals surface area contributed by atoms with Crippen molar-refractivity contribution >= 4 is 15.9 Å². The average Bonchev–Trinajstić information content (AvgIpc) is 2.16. The quantitative estimate of drug-likeness (QED) is 0.832. The molecule has 0 bridgehead atoms. The van der Waals surface area contributed by atoms with Gasteiger partial charge in [0.05, 0.1) is 13.2 Å². The van der Waals surface area contributed by atoms with Gasteiger partial charge in [0.15, 0.2) is 11.6 Å². The van der Waals surface area contributed by atoms with Crippen LogP contribution in [0.15, 0.2) is 18.2 Å². The molecule has 0 heterocycles. The van der Waals surface area contributed by atoms with Crippen LogP contribution in [0.1, 0.15) is 11.7 Å². The van der Waals surface area contributed by atoms with Crippen LogP contribution >= 0.6 is 15.9 Å². The van der Waals surface area contributed by atoms with Gasteiger partial charge in [-0.3, -0.25) is 0 Å². The van der Waals surface area contributed by atoms with Gasteiger partial charge in [-0.2, -0.15) is 0 Å². The number of hydrogen-bond acceptors (Lipinski definition) is 2. The van der Waals surface area contributed by atoms with E-state index in [9.17, 15) is 9.50 Å². The van der Waals surface area contributed by atoms with Crippen molar-refractivity contribution in [1.29, 1.82) is 0 Å². The van der Waals surface area contributed by atoms with Gasteiger partial charge in [0.2, 0.25) is 0 Å². The fourth-order valence-corrected chi connectivity index (χ4v) is 1.35. The standard InChI is InChI=1S/C9H10BrFO2/c1-13-9-3-2-6(4-7(9)11)8(12)5-10/h2-4,8,12H,5H2,1H3/t8-/m0/s1. The number of halogens is 2. The number of rotatable bonds is 3. The summed E-state index contributed by atoms with van der Waals surface area (Å²) in [6.45, 7) is 0. The zero-order valence-electron chi connectivity index (χ0n) is 7.13. The molecule has 4 heteroatoms. The first-order valence-electron chi connectivity index (χ1n) is 3.76. The van der Waals surface area contributed by atoms with Gasteiger partial charge in [-0.25, -0.2) is 4.39 Å². The number of aliphatic hydroxyl groups is 1. The van der Waals surface area contributed by atoms with E-state index in [1.54, 1.807) is 6.07 Å². The lowest BCUT2D eigenvalue weighted by Crippen LogP contribution is -1.99. The van der Waals surface area contributed by atoms with Crippen molar-refractivity contribution in [2.45, 2.75) is 6.10 Å². The topological polar surface area (TPSA) is 29.5 Å². The molecule has 0 spiro atoms. The van der Waals surface area contributed by atoms with E-state index in [0.29, 0.717) is 10.9 Å². The number of alkyl halides is 1. The Labute approximate surface area is 84.5 Å². The van der Waals surface area contributed by atoms with E-state index in [1.807, 2.05) is 0 Å². The number of methoxy groups -OCH3 is 1. The fraction of sp³-hybridized carbons (Fsp3) is 0.333. The molecule has 0 aromatic heterocycles. The summed E-state index contributed by atoms with van der Waals surface area (Å²) < 4.78 is 17.8. The summed E-state index contributed by atoms with van der Waals surface area (Å²) >= 11 is 3.11. The van der Waals surface area contributed by atoms with E-state index in [1.165, 1.54) is 19.2 Å². The lowest BCUT2D eigenvalue weighted by molar-refractivity contribution is 0.204. The highest BCUT2D eigenvalue weighted by atomic mass is 79.9. The third-order valence-corrected chi connectivity index (χ3v) is 2.32. The van der Waals surface area contributed by atoms with Crippen molar-refractivity contribution in [3.8, 4) is 5.75 Å². The molecule has 1 aromatic carbocycles. The molecule has 13 heavy (non-hydrogen) atoms. The molecule has 2 nitrogen and oxygen atoms in total. The predicted octanol–water partition coefficient (Wildman–Crippen LogP) is 2.26. The maximum absolute atomic E-state index is 13.1. The van der Waals surface area contributed by atoms with Crippen LogP contribution in [0.4, 0.5) is 4.39 Å². The summed E-state index contributed by atoms with van der Waals surface area (Å²) in [5, 5.41) is 9.75. The van der Waals surface area contributed by atoms with Gasteiger partial charge in [0.1, 0.15) is 0 Å². The van der Waals surface area contributed by atoms with E-state index in [-0.39, 0.29) is 5.75 Å². The first kappa shape index (κ1) is 10.5. The van der Waals surface area contributed by atoms with Gasteiger partial charge in [0.25, 0.3) is 0 Å². The van der Waals surface area contributed by atoms with Crippen molar-refractivity contribution in [3.63, 3.8) is 0 Å². The monoisotopic (exact) mass is 248 g/mol. The second-order valence-corrected chi connectivity index (χ2v) is 3.21. The Morgan fingerprint density at radius 3 is 2.77 bits per heavy atom. The first-order chi connectivity index (χ1) is 6.19. The second-order valence-electron chi connectivity index (χ2n) is 2.56. The van der Waals surface area contributed by atoms with Crippen LogP contribution in [-0.4, -0.2) is 17.5 Å². The van der Waals surface area contributed by atoms with Crippen molar-refractivity contribution < 1.29 is 14.2 Å². The molecule has 72 valence electrons. The summed E-state index contributed by atoms with van der Waals surface area (Å²) in [6, 6.07) is 4.40. The van der Waals surface area contributed by atoms with Crippen molar-refractivity contribution in [2.75, 3.05) is 12.4 Å². The molecule has 1 N–H and O–H groups in total. The predicted molar refractivity (Wildman–Crippen MR) is 51.7 cm³/mol. The number of benzene rings is 1. The van der Waals surface area contributed by atoms with Crippen LogP contribution in [0, 0.1) is 5.82 Å². The SMILES string of the molecule is COc1ccc([C@@H](O)CBr)cc1F. The minimum absolute atomic E-state index is 0.186. The van der Waals surface area contributed by atoms with E-state index < -0.39 is 11.9 Å². The van der Waals surface area contributed by atoms with Crippen LogP contribution in [0.2, 0.25) is 0 Å². The van der Waals surface area contributed by atoms with Crippen LogP contribution in [0.3, 0.4) is 0 Å². The minimum Gasteiger partial charge on any atom is -0.494 e. The van der Waals surface area contributed by atoms with Gasteiger partial charge in [-0.1, -0.05) is 22.0 Å². The molecule has 0 aliphatic heterocycles. The molecule has 0 aliphatic carbocycles. The Kier molecular flexibility index (Phi) is 3.69. The molecule has 1 rings (SSSR count). The van der Waals surface area contributed by atoms with Crippen molar-refractivity contribution in [2.24, 2.45) is 0 Å². The van der Waals surface area contributed by atoms with Crippen LogP contribution in [0.5, 0.6) is 5.75 Å². The molecular weight excluding hydrogens is 239 g/mol. The summed E-state index contributed by atoms with van der Waals surface area (Å²) in [4.78, 5) is 0. The first-order valence-corrected chi connectivity index (χ1v) is 4.88. The Morgan fingerprint density at radius 1 is 1.62 bits per heavy atom. The maximum Gasteiger partial charge on any atom is 0.165 e. The lowest BCUT2D eigenvalue weighted by Gasteiger charge is -2.08. The van der Waals surface area contributed by atoms with Gasteiger partial charge < -0.3 is 9.84 Å². The van der Waals surface area contributed by atoms with Gasteiger partial charge in [0, 0.05) is 5.33 Å². The average molecular weight is 249 g/mol. The van der Waals surface area contributed by atoms with Crippen LogP contribution in [-0.2, 0) is 0 Å². The molecular formula is C9H10BrFO2. The van der Waals surface area contributed by atoms with Crippen molar-refractivity contribution in [1.82, 2.24) is 0 Å². The molecule has 0 saturated carbocycles.